The Hall–Kier alpha value is 0.140. The van der Waals surface area contributed by atoms with Crippen LogP contribution >= 0.6 is 27.3 Å². The van der Waals surface area contributed by atoms with Crippen LogP contribution in [0.5, 0.6) is 0 Å². The lowest BCUT2D eigenvalue weighted by Gasteiger charge is -2.23. The number of nitrogens with one attached hydrogen (secondary N) is 1. The van der Waals surface area contributed by atoms with E-state index in [9.17, 15) is 0 Å². The molecule has 18 heavy (non-hydrogen) atoms. The van der Waals surface area contributed by atoms with E-state index in [0.29, 0.717) is 6.04 Å². The van der Waals surface area contributed by atoms with Crippen LogP contribution in [0.3, 0.4) is 0 Å². The largest absolute Gasteiger partial charge is 0.309 e. The zero-order valence-corrected chi connectivity index (χ0v) is 14.4. The lowest BCUT2D eigenvalue weighted by Crippen LogP contribution is -2.24. The molecule has 1 aromatic heterocycles. The zero-order valence-electron chi connectivity index (χ0n) is 12.0. The predicted octanol–water partition coefficient (Wildman–Crippen LogP) is 5.62. The van der Waals surface area contributed by atoms with Crippen LogP contribution in [0.25, 0.3) is 0 Å². The van der Waals surface area contributed by atoms with Crippen molar-refractivity contribution in [3.63, 3.8) is 0 Å². The first-order valence-electron chi connectivity index (χ1n) is 7.00. The molecule has 0 fully saturated rings. The second kappa shape index (κ2) is 8.34. The van der Waals surface area contributed by atoms with Crippen molar-refractivity contribution < 1.29 is 0 Å². The van der Waals surface area contributed by atoms with Crippen molar-refractivity contribution in [3.8, 4) is 0 Å². The van der Waals surface area contributed by atoms with Gasteiger partial charge in [0.25, 0.3) is 0 Å². The first kappa shape index (κ1) is 16.2. The Morgan fingerprint density at radius 3 is 2.50 bits per heavy atom. The Morgan fingerprint density at radius 1 is 1.28 bits per heavy atom. The molecule has 1 aromatic rings. The molecule has 0 spiro atoms. The SMILES string of the molecule is CCCNC(CC(C)CC(C)C)c1sccc1Br. The lowest BCUT2D eigenvalue weighted by atomic mass is 9.92. The summed E-state index contributed by atoms with van der Waals surface area (Å²) in [5, 5.41) is 5.87. The van der Waals surface area contributed by atoms with Gasteiger partial charge in [0.1, 0.15) is 0 Å². The maximum absolute atomic E-state index is 3.70. The molecule has 0 saturated heterocycles. The van der Waals surface area contributed by atoms with E-state index in [-0.39, 0.29) is 0 Å². The number of halogens is 1. The fraction of sp³-hybridized carbons (Fsp3) is 0.733. The number of rotatable bonds is 8. The highest BCUT2D eigenvalue weighted by molar-refractivity contribution is 9.10. The highest BCUT2D eigenvalue weighted by atomic mass is 79.9. The first-order valence-corrected chi connectivity index (χ1v) is 8.68. The average molecular weight is 332 g/mol. The Morgan fingerprint density at radius 2 is 2.00 bits per heavy atom. The maximum atomic E-state index is 3.70. The molecule has 0 aliphatic rings. The van der Waals surface area contributed by atoms with Crippen LogP contribution in [0.4, 0.5) is 0 Å². The minimum absolute atomic E-state index is 0.507. The van der Waals surface area contributed by atoms with Gasteiger partial charge >= 0.3 is 0 Å². The third kappa shape index (κ3) is 5.41. The van der Waals surface area contributed by atoms with Gasteiger partial charge in [-0.2, -0.15) is 0 Å². The Balaban J connectivity index is 2.64. The third-order valence-corrected chi connectivity index (χ3v) is 5.10. The number of thiophene rings is 1. The standard InChI is InChI=1S/C15H26BrNS/c1-5-7-17-14(10-12(4)9-11(2)3)15-13(16)6-8-18-15/h6,8,11-12,14,17H,5,7,9-10H2,1-4H3. The van der Waals surface area contributed by atoms with Gasteiger partial charge in [-0.1, -0.05) is 27.7 Å². The second-order valence-electron chi connectivity index (χ2n) is 5.61. The molecule has 104 valence electrons. The summed E-state index contributed by atoms with van der Waals surface area (Å²) >= 11 is 5.53. The molecule has 1 rings (SSSR count). The summed E-state index contributed by atoms with van der Waals surface area (Å²) in [6.45, 7) is 10.3. The third-order valence-electron chi connectivity index (χ3n) is 3.11. The van der Waals surface area contributed by atoms with E-state index in [1.165, 1.54) is 28.6 Å². The molecule has 2 unspecified atom stereocenters. The molecule has 0 aromatic carbocycles. The van der Waals surface area contributed by atoms with Gasteiger partial charge in [0.05, 0.1) is 0 Å². The number of hydrogen-bond acceptors (Lipinski definition) is 2. The van der Waals surface area contributed by atoms with Crippen molar-refractivity contribution in [2.45, 2.75) is 53.0 Å². The van der Waals surface area contributed by atoms with E-state index in [0.717, 1.165) is 18.4 Å². The highest BCUT2D eigenvalue weighted by Crippen LogP contribution is 2.33. The fourth-order valence-corrected chi connectivity index (χ4v) is 4.20. The van der Waals surface area contributed by atoms with Gasteiger partial charge in [-0.05, 0) is 65.0 Å². The molecule has 0 aliphatic carbocycles. The van der Waals surface area contributed by atoms with E-state index in [2.05, 4.69) is 60.4 Å². The molecule has 0 bridgehead atoms. The van der Waals surface area contributed by atoms with Crippen LogP contribution < -0.4 is 5.32 Å². The summed E-state index contributed by atoms with van der Waals surface area (Å²) in [7, 11) is 0. The van der Waals surface area contributed by atoms with Crippen LogP contribution in [-0.2, 0) is 0 Å². The van der Waals surface area contributed by atoms with Gasteiger partial charge in [0.15, 0.2) is 0 Å². The van der Waals surface area contributed by atoms with Crippen molar-refractivity contribution in [3.05, 3.63) is 20.8 Å². The van der Waals surface area contributed by atoms with Gasteiger partial charge in [0.2, 0.25) is 0 Å². The molecule has 0 aliphatic heterocycles. The molecule has 0 radical (unpaired) electrons. The summed E-state index contributed by atoms with van der Waals surface area (Å²) in [4.78, 5) is 1.46. The Labute approximate surface area is 125 Å². The van der Waals surface area contributed by atoms with Crippen LogP contribution in [0, 0.1) is 11.8 Å². The van der Waals surface area contributed by atoms with Gasteiger partial charge in [-0.15, -0.1) is 11.3 Å². The van der Waals surface area contributed by atoms with Crippen LogP contribution in [0.15, 0.2) is 15.9 Å². The highest BCUT2D eigenvalue weighted by Gasteiger charge is 2.18. The monoisotopic (exact) mass is 331 g/mol. The van der Waals surface area contributed by atoms with E-state index in [1.807, 2.05) is 11.3 Å². The lowest BCUT2D eigenvalue weighted by molar-refractivity contribution is 0.358. The van der Waals surface area contributed by atoms with Gasteiger partial charge in [0, 0.05) is 15.4 Å². The second-order valence-corrected chi connectivity index (χ2v) is 7.41. The van der Waals surface area contributed by atoms with Gasteiger partial charge in [-0.3, -0.25) is 0 Å². The van der Waals surface area contributed by atoms with Crippen LogP contribution in [0.2, 0.25) is 0 Å². The minimum Gasteiger partial charge on any atom is -0.309 e. The van der Waals surface area contributed by atoms with E-state index in [4.69, 9.17) is 0 Å². The summed E-state index contributed by atoms with van der Waals surface area (Å²) in [6.07, 6.45) is 3.74. The Bertz CT molecular complexity index is 335. The molecular weight excluding hydrogens is 306 g/mol. The topological polar surface area (TPSA) is 12.0 Å². The molecule has 1 N–H and O–H groups in total. The van der Waals surface area contributed by atoms with E-state index >= 15 is 0 Å². The molecule has 1 nitrogen and oxygen atoms in total. The van der Waals surface area contributed by atoms with Crippen molar-refractivity contribution in [2.75, 3.05) is 6.54 Å². The smallest absolute Gasteiger partial charge is 0.0428 e. The first-order chi connectivity index (χ1) is 8.54. The maximum Gasteiger partial charge on any atom is 0.0428 e. The number of hydrogen-bond donors (Lipinski definition) is 1. The minimum atomic E-state index is 0.507. The van der Waals surface area contributed by atoms with Crippen LogP contribution in [-0.4, -0.2) is 6.54 Å². The molecule has 3 heteroatoms. The fourth-order valence-electron chi connectivity index (χ4n) is 2.46. The van der Waals surface area contributed by atoms with Gasteiger partial charge in [-0.25, -0.2) is 0 Å². The van der Waals surface area contributed by atoms with Crippen molar-refractivity contribution in [1.82, 2.24) is 5.32 Å². The summed E-state index contributed by atoms with van der Waals surface area (Å²) in [5.74, 6) is 1.56. The summed E-state index contributed by atoms with van der Waals surface area (Å²) in [5.41, 5.74) is 0. The molecule has 2 atom stereocenters. The molecule has 1 heterocycles. The molecule has 0 amide bonds. The van der Waals surface area contributed by atoms with Gasteiger partial charge < -0.3 is 5.32 Å². The summed E-state index contributed by atoms with van der Waals surface area (Å²) < 4.78 is 1.26. The van der Waals surface area contributed by atoms with Crippen LogP contribution in [0.1, 0.15) is 57.9 Å². The van der Waals surface area contributed by atoms with E-state index in [1.54, 1.807) is 0 Å². The van der Waals surface area contributed by atoms with Crippen molar-refractivity contribution in [1.29, 1.82) is 0 Å². The average Bonchev–Trinajstić information content (AvgIpc) is 2.69. The van der Waals surface area contributed by atoms with E-state index < -0.39 is 0 Å². The normalized spacial score (nSPS) is 15.0. The quantitative estimate of drug-likeness (QED) is 0.651. The Kier molecular flexibility index (Phi) is 7.50. The zero-order chi connectivity index (χ0) is 13.5. The molecular formula is C15H26BrNS. The predicted molar refractivity (Wildman–Crippen MR) is 86.3 cm³/mol. The van der Waals surface area contributed by atoms with Crippen molar-refractivity contribution >= 4 is 27.3 Å². The summed E-state index contributed by atoms with van der Waals surface area (Å²) in [6, 6.07) is 2.67. The van der Waals surface area contributed by atoms with Crippen molar-refractivity contribution in [2.24, 2.45) is 11.8 Å². The molecule has 0 saturated carbocycles.